The van der Waals surface area contributed by atoms with Gasteiger partial charge in [0.25, 0.3) is 5.91 Å². The molecule has 3 N–H and O–H groups in total. The fraction of sp³-hybridized carbons (Fsp3) is 0.143. The predicted molar refractivity (Wildman–Crippen MR) is 82.7 cm³/mol. The molecule has 3 rings (SSSR count). The molecule has 2 aromatic heterocycles. The molecular weight excluding hydrogens is 272 g/mol. The van der Waals surface area contributed by atoms with Crippen LogP contribution in [0.3, 0.4) is 0 Å². The number of nitrogens with one attached hydrogen (secondary N) is 1. The molecule has 0 saturated heterocycles. The normalized spacial score (nSPS) is 11.3. The first kappa shape index (κ1) is 12.8. The van der Waals surface area contributed by atoms with Crippen LogP contribution >= 0.6 is 11.3 Å². The van der Waals surface area contributed by atoms with E-state index in [4.69, 9.17) is 5.73 Å². The number of hydrogen-bond acceptors (Lipinski definition) is 5. The second kappa shape index (κ2) is 4.73. The molecule has 6 heteroatoms. The fourth-order valence-corrected chi connectivity index (χ4v) is 3.04. The summed E-state index contributed by atoms with van der Waals surface area (Å²) in [6.45, 7) is 0. The topological polar surface area (TPSA) is 71.2 Å². The molecule has 2 heterocycles. The molecule has 0 fully saturated rings. The zero-order chi connectivity index (χ0) is 14.3. The Labute approximate surface area is 120 Å². The number of amides is 1. The smallest absolute Gasteiger partial charge is 0.277 e. The third kappa shape index (κ3) is 2.09. The van der Waals surface area contributed by atoms with Crippen LogP contribution in [-0.2, 0) is 0 Å². The maximum Gasteiger partial charge on any atom is 0.277 e. The third-order valence-corrected chi connectivity index (χ3v) is 4.07. The first-order valence-corrected chi connectivity index (χ1v) is 6.94. The highest BCUT2D eigenvalue weighted by Crippen LogP contribution is 2.34. The van der Waals surface area contributed by atoms with Gasteiger partial charge in [-0.1, -0.05) is 18.2 Å². The molecule has 0 aliphatic rings. The number of nitrogens with two attached hydrogens (primary N) is 1. The maximum atomic E-state index is 12.1. The Bertz CT molecular complexity index is 809. The Morgan fingerprint density at radius 1 is 1.35 bits per heavy atom. The van der Waals surface area contributed by atoms with Crippen LogP contribution in [0.15, 0.2) is 30.3 Å². The van der Waals surface area contributed by atoms with Crippen LogP contribution in [0.1, 0.15) is 9.67 Å². The summed E-state index contributed by atoms with van der Waals surface area (Å²) in [5.74, 6) is -0.209. The van der Waals surface area contributed by atoms with Gasteiger partial charge in [0, 0.05) is 24.9 Å². The van der Waals surface area contributed by atoms with Gasteiger partial charge in [-0.25, -0.2) is 9.99 Å². The van der Waals surface area contributed by atoms with Crippen molar-refractivity contribution in [3.8, 4) is 0 Å². The lowest BCUT2D eigenvalue weighted by molar-refractivity contribution is 0.0862. The highest BCUT2D eigenvalue weighted by atomic mass is 32.1. The van der Waals surface area contributed by atoms with E-state index in [1.165, 1.54) is 11.3 Å². The Morgan fingerprint density at radius 2 is 2.10 bits per heavy atom. The molecule has 0 bridgehead atoms. The van der Waals surface area contributed by atoms with Crippen LogP contribution in [0.2, 0.25) is 0 Å². The van der Waals surface area contributed by atoms with Crippen LogP contribution in [-0.4, -0.2) is 30.0 Å². The molecule has 0 atom stereocenters. The van der Waals surface area contributed by atoms with Gasteiger partial charge in [-0.15, -0.1) is 11.3 Å². The van der Waals surface area contributed by atoms with Crippen LogP contribution in [0, 0.1) is 0 Å². The molecule has 0 aliphatic heterocycles. The van der Waals surface area contributed by atoms with E-state index in [-0.39, 0.29) is 5.91 Å². The summed E-state index contributed by atoms with van der Waals surface area (Å²) in [6, 6.07) is 9.81. The van der Waals surface area contributed by atoms with Gasteiger partial charge in [-0.3, -0.25) is 10.2 Å². The molecule has 1 aromatic carbocycles. The van der Waals surface area contributed by atoms with Crippen LogP contribution in [0.5, 0.6) is 0 Å². The number of thiophene rings is 1. The Kier molecular flexibility index (Phi) is 3.04. The summed E-state index contributed by atoms with van der Waals surface area (Å²) < 4.78 is 0. The number of hydrogen-bond donors (Lipinski definition) is 2. The van der Waals surface area contributed by atoms with Crippen molar-refractivity contribution in [1.82, 2.24) is 15.4 Å². The molecule has 0 radical (unpaired) electrons. The number of nitrogen functional groups attached to an aromatic ring is 1. The van der Waals surface area contributed by atoms with E-state index in [1.54, 1.807) is 19.1 Å². The standard InChI is InChI=1S/C14H14N4OS/c1-18(2)17-13(19)12-11(15)9-7-8-5-3-4-6-10(8)16-14(9)20-12/h3-7H,15H2,1-2H3,(H,17,19). The Morgan fingerprint density at radius 3 is 2.85 bits per heavy atom. The molecule has 0 saturated carbocycles. The van der Waals surface area contributed by atoms with Crippen molar-refractivity contribution < 1.29 is 4.79 Å². The molecular formula is C14H14N4OS. The summed E-state index contributed by atoms with van der Waals surface area (Å²) >= 11 is 1.31. The summed E-state index contributed by atoms with van der Waals surface area (Å²) in [6.07, 6.45) is 0. The van der Waals surface area contributed by atoms with Gasteiger partial charge >= 0.3 is 0 Å². The molecule has 5 nitrogen and oxygen atoms in total. The molecule has 0 unspecified atom stereocenters. The zero-order valence-corrected chi connectivity index (χ0v) is 12.0. The second-order valence-electron chi connectivity index (χ2n) is 4.71. The van der Waals surface area contributed by atoms with Crippen molar-refractivity contribution in [2.24, 2.45) is 0 Å². The van der Waals surface area contributed by atoms with Gasteiger partial charge in [0.05, 0.1) is 11.2 Å². The van der Waals surface area contributed by atoms with E-state index in [0.29, 0.717) is 10.6 Å². The number of carbonyl (C=O) groups excluding carboxylic acids is 1. The molecule has 20 heavy (non-hydrogen) atoms. The van der Waals surface area contributed by atoms with Gasteiger partial charge in [-0.2, -0.15) is 0 Å². The number of anilines is 1. The van der Waals surface area contributed by atoms with Crippen molar-refractivity contribution in [3.05, 3.63) is 35.2 Å². The number of fused-ring (bicyclic) bond motifs is 2. The van der Waals surface area contributed by atoms with E-state index in [2.05, 4.69) is 10.4 Å². The van der Waals surface area contributed by atoms with E-state index in [1.807, 2.05) is 30.3 Å². The lowest BCUT2D eigenvalue weighted by atomic mass is 10.1. The van der Waals surface area contributed by atoms with Crippen molar-refractivity contribution >= 4 is 44.1 Å². The highest BCUT2D eigenvalue weighted by Gasteiger charge is 2.18. The van der Waals surface area contributed by atoms with Gasteiger partial charge in [-0.05, 0) is 12.1 Å². The van der Waals surface area contributed by atoms with E-state index in [9.17, 15) is 4.79 Å². The van der Waals surface area contributed by atoms with Crippen molar-refractivity contribution in [2.75, 3.05) is 19.8 Å². The molecule has 0 aliphatic carbocycles. The first-order chi connectivity index (χ1) is 9.56. The monoisotopic (exact) mass is 286 g/mol. The number of hydrazine groups is 1. The van der Waals surface area contributed by atoms with E-state index >= 15 is 0 Å². The second-order valence-corrected chi connectivity index (χ2v) is 5.71. The number of pyridine rings is 1. The van der Waals surface area contributed by atoms with Gasteiger partial charge in [0.15, 0.2) is 0 Å². The van der Waals surface area contributed by atoms with Gasteiger partial charge in [0.1, 0.15) is 9.71 Å². The summed E-state index contributed by atoms with van der Waals surface area (Å²) in [5.41, 5.74) is 10.2. The average molecular weight is 286 g/mol. The average Bonchev–Trinajstić information content (AvgIpc) is 2.73. The maximum absolute atomic E-state index is 12.1. The number of nitrogens with zero attached hydrogens (tertiary/aromatic N) is 2. The van der Waals surface area contributed by atoms with Gasteiger partial charge in [0.2, 0.25) is 0 Å². The van der Waals surface area contributed by atoms with Crippen LogP contribution in [0.25, 0.3) is 21.1 Å². The summed E-state index contributed by atoms with van der Waals surface area (Å²) in [7, 11) is 3.52. The molecule has 3 aromatic rings. The van der Waals surface area contributed by atoms with Gasteiger partial charge < -0.3 is 5.73 Å². The minimum Gasteiger partial charge on any atom is -0.397 e. The number of aromatic nitrogens is 1. The third-order valence-electron chi connectivity index (χ3n) is 2.95. The Hall–Kier alpha value is -2.18. The predicted octanol–water partition coefficient (Wildman–Crippen LogP) is 2.24. The van der Waals surface area contributed by atoms with E-state index in [0.717, 1.165) is 21.1 Å². The number of rotatable bonds is 2. The first-order valence-electron chi connectivity index (χ1n) is 6.12. The SMILES string of the molecule is CN(C)NC(=O)c1sc2nc3ccccc3cc2c1N. The van der Waals surface area contributed by atoms with Crippen LogP contribution < -0.4 is 11.2 Å². The molecule has 0 spiro atoms. The number of para-hydroxylation sites is 1. The summed E-state index contributed by atoms with van der Waals surface area (Å²) in [5, 5.41) is 3.44. The van der Waals surface area contributed by atoms with Crippen molar-refractivity contribution in [1.29, 1.82) is 0 Å². The largest absolute Gasteiger partial charge is 0.397 e. The Balaban J connectivity index is 2.18. The zero-order valence-electron chi connectivity index (χ0n) is 11.2. The van der Waals surface area contributed by atoms with Crippen molar-refractivity contribution in [2.45, 2.75) is 0 Å². The highest BCUT2D eigenvalue weighted by molar-refractivity contribution is 7.21. The van der Waals surface area contributed by atoms with Crippen LogP contribution in [0.4, 0.5) is 5.69 Å². The summed E-state index contributed by atoms with van der Waals surface area (Å²) in [4.78, 5) is 17.9. The minimum atomic E-state index is -0.209. The molecule has 1 amide bonds. The number of benzene rings is 1. The quantitative estimate of drug-likeness (QED) is 0.709. The number of carbonyl (C=O) groups is 1. The fourth-order valence-electron chi connectivity index (χ4n) is 2.07. The minimum absolute atomic E-state index is 0.209. The molecule has 102 valence electrons. The lowest BCUT2D eigenvalue weighted by Gasteiger charge is -2.10. The van der Waals surface area contributed by atoms with Crippen molar-refractivity contribution in [3.63, 3.8) is 0 Å². The lowest BCUT2D eigenvalue weighted by Crippen LogP contribution is -2.35. The van der Waals surface area contributed by atoms with E-state index < -0.39 is 0 Å².